The molecule has 2 rings (SSSR count). The maximum absolute atomic E-state index is 12.3. The minimum Gasteiger partial charge on any atom is -0.508 e. The average Bonchev–Trinajstić information content (AvgIpc) is 2.45. The zero-order valence-corrected chi connectivity index (χ0v) is 13.6. The van der Waals surface area contributed by atoms with Crippen LogP contribution in [-0.2, 0) is 11.0 Å². The summed E-state index contributed by atoms with van der Waals surface area (Å²) < 4.78 is 11.1. The molecule has 5 N–H and O–H groups in total. The number of hydrogen-bond acceptors (Lipinski definition) is 4. The monoisotopic (exact) mass is 351 g/mol. The second-order valence-corrected chi connectivity index (χ2v) is 6.61. The topological polar surface area (TPSA) is 127 Å². The van der Waals surface area contributed by atoms with Gasteiger partial charge in [0.2, 0.25) is 0 Å². The summed E-state index contributed by atoms with van der Waals surface area (Å²) in [6.07, 6.45) is 1.10. The third kappa shape index (κ3) is 5.09. The molecule has 128 valence electrons. The van der Waals surface area contributed by atoms with E-state index in [-0.39, 0.29) is 29.2 Å². The molecule has 0 amide bonds. The number of nitrogens with one attached hydrogen (secondary N) is 1. The minimum atomic E-state index is -4.59. The van der Waals surface area contributed by atoms with Crippen LogP contribution in [0.15, 0.2) is 42.5 Å². The molecule has 0 bridgehead atoms. The van der Waals surface area contributed by atoms with Gasteiger partial charge in [-0.15, -0.1) is 0 Å². The zero-order valence-electron chi connectivity index (χ0n) is 12.7. The Hall–Kier alpha value is -2.34. The molecule has 0 aliphatic carbocycles. The Bertz CT molecular complexity index is 786. The molecule has 0 aliphatic rings. The second-order valence-electron chi connectivity index (χ2n) is 5.30. The molecule has 24 heavy (non-hydrogen) atoms. The molecule has 0 saturated heterocycles. The number of carbonyl (C=O) groups excluding carboxylic acids is 1. The molecule has 0 radical (unpaired) electrons. The van der Waals surface area contributed by atoms with Gasteiger partial charge in [-0.1, -0.05) is 18.2 Å². The number of carbonyl (C=O) groups is 1. The summed E-state index contributed by atoms with van der Waals surface area (Å²) in [6.45, 7) is 0. The van der Waals surface area contributed by atoms with E-state index in [4.69, 9.17) is 9.79 Å². The lowest BCUT2D eigenvalue weighted by atomic mass is 10.0. The Labute approximate surface area is 138 Å². The molecule has 0 spiro atoms. The van der Waals surface area contributed by atoms with Gasteiger partial charge in [-0.05, 0) is 42.7 Å². The third-order valence-electron chi connectivity index (χ3n) is 3.37. The molecule has 2 aromatic carbocycles. The van der Waals surface area contributed by atoms with E-state index in [1.165, 1.54) is 18.2 Å². The van der Waals surface area contributed by atoms with E-state index >= 15 is 0 Å². The molecule has 0 fully saturated rings. The Kier molecular flexibility index (Phi) is 5.62. The van der Waals surface area contributed by atoms with Gasteiger partial charge in [0.1, 0.15) is 11.5 Å². The normalized spacial score (nSPS) is 11.2. The molecule has 0 aromatic heterocycles. The number of aromatic hydroxyl groups is 2. The highest BCUT2D eigenvalue weighted by atomic mass is 31.2. The lowest BCUT2D eigenvalue weighted by Crippen LogP contribution is -2.06. The lowest BCUT2D eigenvalue weighted by molar-refractivity contribution is 0.0978. The van der Waals surface area contributed by atoms with E-state index in [9.17, 15) is 19.6 Å². The van der Waals surface area contributed by atoms with Crippen molar-refractivity contribution in [3.63, 3.8) is 0 Å². The first kappa shape index (κ1) is 18.0. The average molecular weight is 351 g/mol. The van der Waals surface area contributed by atoms with Crippen molar-refractivity contribution in [1.82, 2.24) is 0 Å². The molecule has 0 heterocycles. The number of Topliss-reactive ketones (excluding diaryl/α,β-unsaturated/α-hetero) is 1. The number of benzene rings is 2. The fourth-order valence-corrected chi connectivity index (χ4v) is 2.87. The van der Waals surface area contributed by atoms with Crippen LogP contribution in [0.5, 0.6) is 11.5 Å². The van der Waals surface area contributed by atoms with Crippen LogP contribution in [0.3, 0.4) is 0 Å². The van der Waals surface area contributed by atoms with Gasteiger partial charge in [0.15, 0.2) is 5.78 Å². The van der Waals surface area contributed by atoms with E-state index in [1.54, 1.807) is 18.2 Å². The van der Waals surface area contributed by atoms with Crippen LogP contribution in [-0.4, -0.2) is 25.8 Å². The van der Waals surface area contributed by atoms with E-state index in [0.29, 0.717) is 12.8 Å². The first-order chi connectivity index (χ1) is 11.3. The van der Waals surface area contributed by atoms with Crippen molar-refractivity contribution in [2.24, 2.45) is 0 Å². The summed E-state index contributed by atoms with van der Waals surface area (Å²) in [5.74, 6) is -0.618. The van der Waals surface area contributed by atoms with E-state index < -0.39 is 13.5 Å². The molecular weight excluding hydrogens is 333 g/mol. The zero-order chi connectivity index (χ0) is 17.7. The predicted octanol–water partition coefficient (Wildman–Crippen LogP) is 2.81. The smallest absolute Gasteiger partial charge is 0.427 e. The molecule has 0 unspecified atom stereocenters. The van der Waals surface area contributed by atoms with Crippen molar-refractivity contribution in [2.75, 3.05) is 5.09 Å². The first-order valence-corrected chi connectivity index (χ1v) is 8.84. The fraction of sp³-hybridized carbons (Fsp3) is 0.188. The minimum absolute atomic E-state index is 0.0864. The summed E-state index contributed by atoms with van der Waals surface area (Å²) in [5, 5.41) is 21.2. The van der Waals surface area contributed by atoms with Gasteiger partial charge < -0.3 is 20.0 Å². The molecule has 0 aliphatic heterocycles. The summed E-state index contributed by atoms with van der Waals surface area (Å²) in [5.41, 5.74) is 0.621. The van der Waals surface area contributed by atoms with Crippen LogP contribution in [0, 0.1) is 0 Å². The number of ketones is 1. The van der Waals surface area contributed by atoms with Crippen LogP contribution in [0.4, 0.5) is 5.69 Å². The van der Waals surface area contributed by atoms with Gasteiger partial charge in [-0.3, -0.25) is 9.88 Å². The van der Waals surface area contributed by atoms with Gasteiger partial charge in [-0.25, -0.2) is 4.57 Å². The quantitative estimate of drug-likeness (QED) is 0.383. The maximum atomic E-state index is 12.3. The molecule has 0 saturated carbocycles. The van der Waals surface area contributed by atoms with Crippen molar-refractivity contribution < 1.29 is 29.4 Å². The molecule has 8 heteroatoms. The highest BCUT2D eigenvalue weighted by molar-refractivity contribution is 7.53. The van der Waals surface area contributed by atoms with Crippen molar-refractivity contribution >= 4 is 19.2 Å². The highest BCUT2D eigenvalue weighted by Crippen LogP contribution is 2.39. The SMILES string of the molecule is O=C(CCCc1cccc(O)c1)c1c(O)cccc1NP(=O)(O)O. The van der Waals surface area contributed by atoms with E-state index in [2.05, 4.69) is 0 Å². The van der Waals surface area contributed by atoms with Crippen LogP contribution in [0.2, 0.25) is 0 Å². The van der Waals surface area contributed by atoms with Crippen molar-refractivity contribution in [2.45, 2.75) is 19.3 Å². The van der Waals surface area contributed by atoms with Crippen molar-refractivity contribution in [3.8, 4) is 11.5 Å². The van der Waals surface area contributed by atoms with Crippen LogP contribution < -0.4 is 5.09 Å². The van der Waals surface area contributed by atoms with Gasteiger partial charge in [0, 0.05) is 6.42 Å². The van der Waals surface area contributed by atoms with Crippen LogP contribution >= 0.6 is 7.75 Å². The number of hydrogen-bond donors (Lipinski definition) is 5. The molecule has 7 nitrogen and oxygen atoms in total. The van der Waals surface area contributed by atoms with Crippen molar-refractivity contribution in [3.05, 3.63) is 53.6 Å². The van der Waals surface area contributed by atoms with Crippen molar-refractivity contribution in [1.29, 1.82) is 0 Å². The summed E-state index contributed by atoms with van der Waals surface area (Å²) in [7, 11) is -4.59. The Morgan fingerprint density at radius 1 is 1.08 bits per heavy atom. The van der Waals surface area contributed by atoms with Gasteiger partial charge in [-0.2, -0.15) is 0 Å². The Morgan fingerprint density at radius 3 is 2.46 bits per heavy atom. The Balaban J connectivity index is 2.08. The maximum Gasteiger partial charge on any atom is 0.427 e. The molecule has 2 aromatic rings. The molecule has 0 atom stereocenters. The Morgan fingerprint density at radius 2 is 1.79 bits per heavy atom. The van der Waals surface area contributed by atoms with E-state index in [1.807, 2.05) is 11.2 Å². The van der Waals surface area contributed by atoms with E-state index in [0.717, 1.165) is 5.56 Å². The second kappa shape index (κ2) is 7.49. The summed E-state index contributed by atoms with van der Waals surface area (Å²) >= 11 is 0. The summed E-state index contributed by atoms with van der Waals surface area (Å²) in [4.78, 5) is 30.3. The lowest BCUT2D eigenvalue weighted by Gasteiger charge is -2.13. The number of aryl methyl sites for hydroxylation is 1. The number of phenols is 2. The summed E-state index contributed by atoms with van der Waals surface area (Å²) in [6, 6.07) is 10.7. The van der Waals surface area contributed by atoms with Gasteiger partial charge in [0.05, 0.1) is 11.3 Å². The standard InChI is InChI=1S/C16H18NO6P/c18-12-6-1-4-11(10-12)5-2-8-14(19)16-13(17-24(21,22)23)7-3-9-15(16)20/h1,3-4,6-7,9-10,18,20H,2,5,8H2,(H3,17,21,22,23). The molecular formula is C16H18NO6P. The van der Waals surface area contributed by atoms with Gasteiger partial charge >= 0.3 is 7.75 Å². The fourth-order valence-electron chi connectivity index (χ4n) is 2.37. The number of phenolic OH excluding ortho intramolecular Hbond substituents is 2. The number of anilines is 1. The predicted molar refractivity (Wildman–Crippen MR) is 89.1 cm³/mol. The third-order valence-corrected chi connectivity index (χ3v) is 3.90. The highest BCUT2D eigenvalue weighted by Gasteiger charge is 2.21. The first-order valence-electron chi connectivity index (χ1n) is 7.23. The largest absolute Gasteiger partial charge is 0.508 e. The number of rotatable bonds is 7. The van der Waals surface area contributed by atoms with Crippen LogP contribution in [0.25, 0.3) is 0 Å². The van der Waals surface area contributed by atoms with Gasteiger partial charge in [0.25, 0.3) is 0 Å². The van der Waals surface area contributed by atoms with Crippen LogP contribution in [0.1, 0.15) is 28.8 Å².